The minimum atomic E-state index is -0.207. The normalized spacial score (nSPS) is 10.6. The van der Waals surface area contributed by atoms with Crippen LogP contribution in [0, 0.1) is 0 Å². The number of carbonyl (C=O) groups is 1. The Labute approximate surface area is 150 Å². The molecule has 0 aliphatic heterocycles. The fourth-order valence-corrected chi connectivity index (χ4v) is 2.47. The maximum Gasteiger partial charge on any atom is 0.248 e. The molecule has 24 heavy (non-hydrogen) atoms. The molecule has 2 aromatic rings. The van der Waals surface area contributed by atoms with Crippen LogP contribution < -0.4 is 14.8 Å². The van der Waals surface area contributed by atoms with Crippen LogP contribution in [-0.2, 0) is 4.79 Å². The van der Waals surface area contributed by atoms with Crippen LogP contribution in [0.1, 0.15) is 19.4 Å². The van der Waals surface area contributed by atoms with Gasteiger partial charge in [-0.05, 0) is 62.4 Å². The fraction of sp³-hybridized carbons (Fsp3) is 0.211. The van der Waals surface area contributed by atoms with Crippen molar-refractivity contribution >= 4 is 33.6 Å². The molecule has 0 saturated carbocycles. The standard InChI is InChI=1S/C19H20BrNO3/c1-3-23-17-9-7-16(8-10-17)21-19(22)12-5-14-13-15(20)6-11-18(14)24-4-2/h5-13H,3-4H2,1-2H3,(H,21,22)/b12-5+. The number of benzene rings is 2. The van der Waals surface area contributed by atoms with Gasteiger partial charge in [-0.2, -0.15) is 0 Å². The van der Waals surface area contributed by atoms with Crippen LogP contribution in [0.2, 0.25) is 0 Å². The number of rotatable bonds is 7. The monoisotopic (exact) mass is 389 g/mol. The van der Waals surface area contributed by atoms with Crippen molar-refractivity contribution in [2.45, 2.75) is 13.8 Å². The molecular formula is C19H20BrNO3. The molecule has 4 nitrogen and oxygen atoms in total. The molecule has 0 fully saturated rings. The zero-order valence-corrected chi connectivity index (χ0v) is 15.3. The number of amides is 1. The molecule has 0 radical (unpaired) electrons. The van der Waals surface area contributed by atoms with Crippen LogP contribution in [0.25, 0.3) is 6.08 Å². The highest BCUT2D eigenvalue weighted by Crippen LogP contribution is 2.24. The smallest absolute Gasteiger partial charge is 0.248 e. The van der Waals surface area contributed by atoms with Crippen LogP contribution in [-0.4, -0.2) is 19.1 Å². The Bertz CT molecular complexity index is 711. The summed E-state index contributed by atoms with van der Waals surface area (Å²) in [6.45, 7) is 5.04. The number of carbonyl (C=O) groups excluding carboxylic acids is 1. The largest absolute Gasteiger partial charge is 0.494 e. The van der Waals surface area contributed by atoms with Crippen molar-refractivity contribution < 1.29 is 14.3 Å². The van der Waals surface area contributed by atoms with Gasteiger partial charge in [-0.1, -0.05) is 15.9 Å². The first-order valence-corrected chi connectivity index (χ1v) is 8.56. The van der Waals surface area contributed by atoms with E-state index >= 15 is 0 Å². The van der Waals surface area contributed by atoms with Crippen molar-refractivity contribution in [2.24, 2.45) is 0 Å². The van der Waals surface area contributed by atoms with Gasteiger partial charge in [-0.3, -0.25) is 4.79 Å². The highest BCUT2D eigenvalue weighted by atomic mass is 79.9. The first-order chi connectivity index (χ1) is 11.6. The number of hydrogen-bond acceptors (Lipinski definition) is 3. The lowest BCUT2D eigenvalue weighted by Gasteiger charge is -2.08. The Kier molecular flexibility index (Phi) is 6.88. The zero-order chi connectivity index (χ0) is 17.4. The predicted octanol–water partition coefficient (Wildman–Crippen LogP) is 4.90. The lowest BCUT2D eigenvalue weighted by Crippen LogP contribution is -2.07. The van der Waals surface area contributed by atoms with Gasteiger partial charge in [0.2, 0.25) is 5.91 Å². The minimum absolute atomic E-state index is 0.207. The minimum Gasteiger partial charge on any atom is -0.494 e. The van der Waals surface area contributed by atoms with E-state index in [0.717, 1.165) is 21.5 Å². The van der Waals surface area contributed by atoms with Crippen LogP contribution in [0.15, 0.2) is 53.0 Å². The van der Waals surface area contributed by atoms with E-state index < -0.39 is 0 Å². The summed E-state index contributed by atoms with van der Waals surface area (Å²) in [7, 11) is 0. The summed E-state index contributed by atoms with van der Waals surface area (Å²) in [6.07, 6.45) is 3.22. The maximum atomic E-state index is 12.1. The molecule has 0 atom stereocenters. The average Bonchev–Trinajstić information content (AvgIpc) is 2.57. The molecule has 0 spiro atoms. The van der Waals surface area contributed by atoms with Crippen molar-refractivity contribution in [3.8, 4) is 11.5 Å². The molecular weight excluding hydrogens is 370 g/mol. The summed E-state index contributed by atoms with van der Waals surface area (Å²) in [5, 5.41) is 2.81. The second-order valence-electron chi connectivity index (χ2n) is 4.90. The van der Waals surface area contributed by atoms with Gasteiger partial charge >= 0.3 is 0 Å². The molecule has 0 saturated heterocycles. The molecule has 0 aliphatic rings. The molecule has 0 aliphatic carbocycles. The first-order valence-electron chi connectivity index (χ1n) is 7.76. The van der Waals surface area contributed by atoms with Crippen molar-refractivity contribution in [3.63, 3.8) is 0 Å². The van der Waals surface area contributed by atoms with Gasteiger partial charge in [0.1, 0.15) is 11.5 Å². The summed E-state index contributed by atoms with van der Waals surface area (Å²) >= 11 is 3.43. The highest BCUT2D eigenvalue weighted by Gasteiger charge is 2.03. The number of halogens is 1. The third kappa shape index (κ3) is 5.42. The van der Waals surface area contributed by atoms with E-state index in [4.69, 9.17) is 9.47 Å². The molecule has 126 valence electrons. The van der Waals surface area contributed by atoms with E-state index in [1.165, 1.54) is 6.08 Å². The van der Waals surface area contributed by atoms with Crippen LogP contribution in [0.3, 0.4) is 0 Å². The van der Waals surface area contributed by atoms with E-state index in [9.17, 15) is 4.79 Å². The molecule has 0 bridgehead atoms. The lowest BCUT2D eigenvalue weighted by molar-refractivity contribution is -0.111. The quantitative estimate of drug-likeness (QED) is 0.685. The van der Waals surface area contributed by atoms with Crippen molar-refractivity contribution in [1.82, 2.24) is 0 Å². The second-order valence-corrected chi connectivity index (χ2v) is 5.81. The zero-order valence-electron chi connectivity index (χ0n) is 13.7. The maximum absolute atomic E-state index is 12.1. The van der Waals surface area contributed by atoms with E-state index in [2.05, 4.69) is 21.2 Å². The van der Waals surface area contributed by atoms with Gasteiger partial charge < -0.3 is 14.8 Å². The van der Waals surface area contributed by atoms with E-state index in [1.54, 1.807) is 6.08 Å². The molecule has 2 aromatic carbocycles. The molecule has 2 rings (SSSR count). The van der Waals surface area contributed by atoms with Crippen molar-refractivity contribution in [3.05, 3.63) is 58.6 Å². The van der Waals surface area contributed by atoms with Gasteiger partial charge in [0.25, 0.3) is 0 Å². The van der Waals surface area contributed by atoms with Gasteiger partial charge in [0.05, 0.1) is 13.2 Å². The predicted molar refractivity (Wildman–Crippen MR) is 101 cm³/mol. The molecule has 0 unspecified atom stereocenters. The Morgan fingerprint density at radius 1 is 1.08 bits per heavy atom. The lowest BCUT2D eigenvalue weighted by atomic mass is 10.2. The summed E-state index contributed by atoms with van der Waals surface area (Å²) in [6, 6.07) is 12.9. The topological polar surface area (TPSA) is 47.6 Å². The number of hydrogen-bond donors (Lipinski definition) is 1. The Morgan fingerprint density at radius 2 is 1.79 bits per heavy atom. The summed E-state index contributed by atoms with van der Waals surface area (Å²) in [5.41, 5.74) is 1.56. The summed E-state index contributed by atoms with van der Waals surface area (Å²) in [4.78, 5) is 12.1. The Balaban J connectivity index is 2.03. The van der Waals surface area contributed by atoms with E-state index in [1.807, 2.05) is 56.3 Å². The molecule has 5 heteroatoms. The Morgan fingerprint density at radius 3 is 2.46 bits per heavy atom. The number of nitrogens with one attached hydrogen (secondary N) is 1. The number of anilines is 1. The van der Waals surface area contributed by atoms with Gasteiger partial charge in [0, 0.05) is 21.8 Å². The second kappa shape index (κ2) is 9.13. The first kappa shape index (κ1) is 18.1. The van der Waals surface area contributed by atoms with Gasteiger partial charge in [0.15, 0.2) is 0 Å². The van der Waals surface area contributed by atoms with Crippen LogP contribution in [0.5, 0.6) is 11.5 Å². The molecule has 0 heterocycles. The van der Waals surface area contributed by atoms with E-state index in [-0.39, 0.29) is 5.91 Å². The highest BCUT2D eigenvalue weighted by molar-refractivity contribution is 9.10. The van der Waals surface area contributed by atoms with Crippen LogP contribution >= 0.6 is 15.9 Å². The fourth-order valence-electron chi connectivity index (χ4n) is 2.09. The van der Waals surface area contributed by atoms with E-state index in [0.29, 0.717) is 18.9 Å². The summed E-state index contributed by atoms with van der Waals surface area (Å²) < 4.78 is 11.9. The SMILES string of the molecule is CCOc1ccc(NC(=O)/C=C/c2cc(Br)ccc2OCC)cc1. The molecule has 0 aromatic heterocycles. The molecule has 1 N–H and O–H groups in total. The van der Waals surface area contributed by atoms with Gasteiger partial charge in [-0.15, -0.1) is 0 Å². The molecule has 1 amide bonds. The van der Waals surface area contributed by atoms with Gasteiger partial charge in [-0.25, -0.2) is 0 Å². The van der Waals surface area contributed by atoms with Crippen LogP contribution in [0.4, 0.5) is 5.69 Å². The Hall–Kier alpha value is -2.27. The van der Waals surface area contributed by atoms with Crippen molar-refractivity contribution in [1.29, 1.82) is 0 Å². The summed E-state index contributed by atoms with van der Waals surface area (Å²) in [5.74, 6) is 1.31. The average molecular weight is 390 g/mol. The third-order valence-corrected chi connectivity index (χ3v) is 3.61. The third-order valence-electron chi connectivity index (χ3n) is 3.12. The van der Waals surface area contributed by atoms with Crippen molar-refractivity contribution in [2.75, 3.05) is 18.5 Å². The number of ether oxygens (including phenoxy) is 2.